The lowest BCUT2D eigenvalue weighted by molar-refractivity contribution is 0.302. The summed E-state index contributed by atoms with van der Waals surface area (Å²) < 4.78 is 7.79. The third-order valence-electron chi connectivity index (χ3n) is 4.48. The van der Waals surface area contributed by atoms with Crippen molar-refractivity contribution in [3.63, 3.8) is 0 Å². The number of tetrazole rings is 1. The van der Waals surface area contributed by atoms with E-state index in [1.807, 2.05) is 66.7 Å². The molecule has 0 aliphatic carbocycles. The molecule has 3 aromatic carbocycles. The average Bonchev–Trinajstić information content (AvgIpc) is 3.28. The quantitative estimate of drug-likeness (QED) is 0.309. The van der Waals surface area contributed by atoms with Gasteiger partial charge in [-0.05, 0) is 34.2 Å². The molecule has 0 aliphatic heterocycles. The van der Waals surface area contributed by atoms with Crippen LogP contribution in [0.4, 0.5) is 0 Å². The van der Waals surface area contributed by atoms with Gasteiger partial charge in [-0.15, -0.1) is 5.10 Å². The van der Waals surface area contributed by atoms with Crippen molar-refractivity contribution in [1.82, 2.24) is 25.5 Å². The Labute approximate surface area is 180 Å². The molecule has 0 saturated heterocycles. The Balaban J connectivity index is 1.25. The van der Waals surface area contributed by atoms with E-state index in [-0.39, 0.29) is 0 Å². The molecule has 4 aromatic rings. The van der Waals surface area contributed by atoms with Crippen molar-refractivity contribution in [3.8, 4) is 11.4 Å². The van der Waals surface area contributed by atoms with Crippen LogP contribution in [-0.2, 0) is 13.2 Å². The summed E-state index contributed by atoms with van der Waals surface area (Å²) in [7, 11) is 0. The van der Waals surface area contributed by atoms with Gasteiger partial charge in [0.2, 0.25) is 5.16 Å². The zero-order chi connectivity index (χ0) is 20.4. The molecule has 30 heavy (non-hydrogen) atoms. The van der Waals surface area contributed by atoms with Gasteiger partial charge in [0.1, 0.15) is 12.4 Å². The van der Waals surface area contributed by atoms with Crippen molar-refractivity contribution >= 4 is 11.8 Å². The molecule has 0 unspecified atom stereocenters. The van der Waals surface area contributed by atoms with Gasteiger partial charge in [-0.3, -0.25) is 0 Å². The minimum Gasteiger partial charge on any atom is -0.489 e. The molecule has 0 radical (unpaired) electrons. The Morgan fingerprint density at radius 2 is 1.60 bits per heavy atom. The predicted octanol–water partition coefficient (Wildman–Crippen LogP) is 4.12. The molecule has 152 valence electrons. The Hall–Kier alpha value is -3.16. The van der Waals surface area contributed by atoms with E-state index in [0.717, 1.165) is 46.6 Å². The van der Waals surface area contributed by atoms with Crippen LogP contribution in [-0.4, -0.2) is 32.5 Å². The number of aromatic nitrogens is 4. The van der Waals surface area contributed by atoms with E-state index in [1.165, 1.54) is 0 Å². The summed E-state index contributed by atoms with van der Waals surface area (Å²) in [5, 5.41) is 16.3. The number of rotatable bonds is 10. The Bertz CT molecular complexity index is 1040. The van der Waals surface area contributed by atoms with Crippen molar-refractivity contribution in [2.24, 2.45) is 0 Å². The highest BCUT2D eigenvalue weighted by Crippen LogP contribution is 2.20. The lowest BCUT2D eigenvalue weighted by Gasteiger charge is -2.12. The molecule has 1 aromatic heterocycles. The van der Waals surface area contributed by atoms with Crippen LogP contribution >= 0.6 is 11.8 Å². The normalized spacial score (nSPS) is 10.8. The second-order valence-electron chi connectivity index (χ2n) is 6.62. The van der Waals surface area contributed by atoms with E-state index < -0.39 is 0 Å². The fraction of sp³-hybridized carbons (Fsp3) is 0.174. The van der Waals surface area contributed by atoms with Gasteiger partial charge in [-0.1, -0.05) is 78.5 Å². The van der Waals surface area contributed by atoms with Gasteiger partial charge in [0.15, 0.2) is 0 Å². The first-order valence-corrected chi connectivity index (χ1v) is 10.8. The first-order valence-electron chi connectivity index (χ1n) is 9.82. The molecule has 0 amide bonds. The lowest BCUT2D eigenvalue weighted by Crippen LogP contribution is -2.17. The predicted molar refractivity (Wildman–Crippen MR) is 119 cm³/mol. The van der Waals surface area contributed by atoms with Crippen molar-refractivity contribution in [1.29, 1.82) is 0 Å². The molecule has 0 spiro atoms. The standard InChI is InChI=1S/C23H23N5OS/c1-3-9-19(10-4-1)18-29-22-14-8-7-11-20(22)17-24-15-16-30-23-25-26-27-28(23)21-12-5-2-6-13-21/h1-14,24H,15-18H2. The maximum atomic E-state index is 6.03. The van der Waals surface area contributed by atoms with Crippen LogP contribution in [0.1, 0.15) is 11.1 Å². The maximum absolute atomic E-state index is 6.03. The van der Waals surface area contributed by atoms with Crippen LogP contribution in [0.15, 0.2) is 90.1 Å². The first kappa shape index (κ1) is 20.1. The van der Waals surface area contributed by atoms with Gasteiger partial charge in [-0.25, -0.2) is 0 Å². The number of hydrogen-bond acceptors (Lipinski definition) is 6. The van der Waals surface area contributed by atoms with Crippen molar-refractivity contribution in [2.75, 3.05) is 12.3 Å². The zero-order valence-electron chi connectivity index (χ0n) is 16.5. The van der Waals surface area contributed by atoms with Crippen molar-refractivity contribution in [3.05, 3.63) is 96.1 Å². The second-order valence-corrected chi connectivity index (χ2v) is 7.68. The zero-order valence-corrected chi connectivity index (χ0v) is 17.3. The van der Waals surface area contributed by atoms with Crippen LogP contribution in [0.25, 0.3) is 5.69 Å². The molecule has 0 bridgehead atoms. The van der Waals surface area contributed by atoms with E-state index in [9.17, 15) is 0 Å². The van der Waals surface area contributed by atoms with Gasteiger partial charge in [0, 0.05) is 24.4 Å². The second kappa shape index (κ2) is 10.6. The van der Waals surface area contributed by atoms with Crippen LogP contribution in [0.3, 0.4) is 0 Å². The summed E-state index contributed by atoms with van der Waals surface area (Å²) >= 11 is 1.63. The van der Waals surface area contributed by atoms with E-state index in [1.54, 1.807) is 16.4 Å². The molecule has 6 nitrogen and oxygen atoms in total. The van der Waals surface area contributed by atoms with Crippen LogP contribution in [0.5, 0.6) is 5.75 Å². The van der Waals surface area contributed by atoms with Gasteiger partial charge in [0.25, 0.3) is 0 Å². The number of para-hydroxylation sites is 2. The topological polar surface area (TPSA) is 64.9 Å². The molecular weight excluding hydrogens is 394 g/mol. The average molecular weight is 418 g/mol. The molecule has 4 rings (SSSR count). The third kappa shape index (κ3) is 5.46. The molecular formula is C23H23N5OS. The molecule has 0 aliphatic rings. The fourth-order valence-corrected chi connectivity index (χ4v) is 3.75. The van der Waals surface area contributed by atoms with Gasteiger partial charge >= 0.3 is 0 Å². The van der Waals surface area contributed by atoms with Crippen molar-refractivity contribution in [2.45, 2.75) is 18.3 Å². The smallest absolute Gasteiger partial charge is 0.214 e. The van der Waals surface area contributed by atoms with Gasteiger partial charge in [0.05, 0.1) is 5.69 Å². The van der Waals surface area contributed by atoms with E-state index in [0.29, 0.717) is 6.61 Å². The lowest BCUT2D eigenvalue weighted by atomic mass is 10.2. The summed E-state index contributed by atoms with van der Waals surface area (Å²) in [5.41, 5.74) is 3.27. The minimum atomic E-state index is 0.565. The van der Waals surface area contributed by atoms with Crippen LogP contribution < -0.4 is 10.1 Å². The number of nitrogens with zero attached hydrogens (tertiary/aromatic N) is 4. The molecule has 7 heteroatoms. The van der Waals surface area contributed by atoms with E-state index in [2.05, 4.69) is 39.0 Å². The fourth-order valence-electron chi connectivity index (χ4n) is 2.96. The third-order valence-corrected chi connectivity index (χ3v) is 5.40. The Kier molecular flexibility index (Phi) is 7.09. The van der Waals surface area contributed by atoms with Gasteiger partial charge < -0.3 is 10.1 Å². The van der Waals surface area contributed by atoms with Crippen molar-refractivity contribution < 1.29 is 4.74 Å². The number of benzene rings is 3. The van der Waals surface area contributed by atoms with Crippen LogP contribution in [0.2, 0.25) is 0 Å². The number of hydrogen-bond donors (Lipinski definition) is 1. The Morgan fingerprint density at radius 1 is 0.867 bits per heavy atom. The Morgan fingerprint density at radius 3 is 2.43 bits per heavy atom. The maximum Gasteiger partial charge on any atom is 0.214 e. The number of thioether (sulfide) groups is 1. The summed E-state index contributed by atoms with van der Waals surface area (Å²) in [6.07, 6.45) is 0. The van der Waals surface area contributed by atoms with Crippen LogP contribution in [0, 0.1) is 0 Å². The highest BCUT2D eigenvalue weighted by molar-refractivity contribution is 7.99. The SMILES string of the molecule is c1ccc(COc2ccccc2CNCCSc2nnnn2-c2ccccc2)cc1. The molecule has 0 fully saturated rings. The highest BCUT2D eigenvalue weighted by Gasteiger charge is 2.08. The first-order chi connectivity index (χ1) is 14.9. The summed E-state index contributed by atoms with van der Waals surface area (Å²) in [4.78, 5) is 0. The number of ether oxygens (including phenoxy) is 1. The monoisotopic (exact) mass is 417 g/mol. The summed E-state index contributed by atoms with van der Waals surface area (Å²) in [6.45, 7) is 2.14. The largest absolute Gasteiger partial charge is 0.489 e. The van der Waals surface area contributed by atoms with E-state index in [4.69, 9.17) is 4.74 Å². The molecule has 0 saturated carbocycles. The molecule has 1 heterocycles. The molecule has 1 N–H and O–H groups in total. The summed E-state index contributed by atoms with van der Waals surface area (Å²) in [6, 6.07) is 28.3. The molecule has 0 atom stereocenters. The number of nitrogens with one attached hydrogen (secondary N) is 1. The summed E-state index contributed by atoms with van der Waals surface area (Å²) in [5.74, 6) is 1.77. The minimum absolute atomic E-state index is 0.565. The highest BCUT2D eigenvalue weighted by atomic mass is 32.2. The van der Waals surface area contributed by atoms with E-state index >= 15 is 0 Å². The van der Waals surface area contributed by atoms with Gasteiger partial charge in [-0.2, -0.15) is 4.68 Å².